The van der Waals surface area contributed by atoms with E-state index in [4.69, 9.17) is 0 Å². The van der Waals surface area contributed by atoms with Gasteiger partial charge in [0.1, 0.15) is 5.82 Å². The number of nitrogens with zero attached hydrogens (tertiary/aromatic N) is 1. The number of benzene rings is 1. The lowest BCUT2D eigenvalue weighted by atomic mass is 10.1. The van der Waals surface area contributed by atoms with Crippen molar-refractivity contribution in [2.45, 2.75) is 18.9 Å². The van der Waals surface area contributed by atoms with Crippen LogP contribution in [0, 0.1) is 5.82 Å². The standard InChI is InChI=1S/C11H13BrFNO/c12-10-4-3-8(13)6-11(10)14-5-1-2-9(15)7-14/h3-4,6,9,15H,1-2,5,7H2/t9-/m1/s1. The molecule has 1 heterocycles. The fourth-order valence-corrected chi connectivity index (χ4v) is 2.40. The number of aliphatic hydroxyl groups excluding tert-OH is 1. The fraction of sp³-hybridized carbons (Fsp3) is 0.455. The van der Waals surface area contributed by atoms with Gasteiger partial charge in [0, 0.05) is 17.6 Å². The summed E-state index contributed by atoms with van der Waals surface area (Å²) in [6, 6.07) is 4.63. The third-order valence-electron chi connectivity index (χ3n) is 2.65. The van der Waals surface area contributed by atoms with Gasteiger partial charge in [-0.1, -0.05) is 0 Å². The van der Waals surface area contributed by atoms with Crippen molar-refractivity contribution in [2.75, 3.05) is 18.0 Å². The SMILES string of the molecule is O[C@@H]1CCCN(c2cc(F)ccc2Br)C1. The molecule has 15 heavy (non-hydrogen) atoms. The number of halogens is 2. The summed E-state index contributed by atoms with van der Waals surface area (Å²) in [6.45, 7) is 1.46. The van der Waals surface area contributed by atoms with Crippen LogP contribution in [-0.2, 0) is 0 Å². The van der Waals surface area contributed by atoms with Crippen LogP contribution in [0.4, 0.5) is 10.1 Å². The van der Waals surface area contributed by atoms with E-state index in [1.54, 1.807) is 6.07 Å². The highest BCUT2D eigenvalue weighted by atomic mass is 79.9. The smallest absolute Gasteiger partial charge is 0.125 e. The van der Waals surface area contributed by atoms with Crippen molar-refractivity contribution in [1.29, 1.82) is 0 Å². The number of hydrogen-bond donors (Lipinski definition) is 1. The maximum absolute atomic E-state index is 13.1. The first kappa shape index (κ1) is 10.9. The van der Waals surface area contributed by atoms with Crippen LogP contribution in [0.1, 0.15) is 12.8 Å². The highest BCUT2D eigenvalue weighted by molar-refractivity contribution is 9.10. The van der Waals surface area contributed by atoms with Gasteiger partial charge < -0.3 is 10.0 Å². The Morgan fingerprint density at radius 1 is 1.47 bits per heavy atom. The van der Waals surface area contributed by atoms with Gasteiger partial charge in [-0.05, 0) is 47.0 Å². The molecule has 0 spiro atoms. The van der Waals surface area contributed by atoms with Crippen LogP contribution in [0.2, 0.25) is 0 Å². The molecule has 0 saturated carbocycles. The van der Waals surface area contributed by atoms with E-state index in [-0.39, 0.29) is 11.9 Å². The van der Waals surface area contributed by atoms with Gasteiger partial charge in [0.15, 0.2) is 0 Å². The number of hydrogen-bond acceptors (Lipinski definition) is 2. The Balaban J connectivity index is 2.24. The quantitative estimate of drug-likeness (QED) is 0.850. The fourth-order valence-electron chi connectivity index (χ4n) is 1.90. The second-order valence-corrected chi connectivity index (χ2v) is 4.69. The molecule has 1 N–H and O–H groups in total. The van der Waals surface area contributed by atoms with E-state index < -0.39 is 0 Å². The zero-order valence-corrected chi connectivity index (χ0v) is 9.87. The van der Waals surface area contributed by atoms with Crippen LogP contribution < -0.4 is 4.90 Å². The Morgan fingerprint density at radius 2 is 2.27 bits per heavy atom. The summed E-state index contributed by atoms with van der Waals surface area (Å²) >= 11 is 3.40. The van der Waals surface area contributed by atoms with E-state index in [1.807, 2.05) is 4.90 Å². The molecule has 1 atom stereocenters. The number of rotatable bonds is 1. The summed E-state index contributed by atoms with van der Waals surface area (Å²) in [7, 11) is 0. The van der Waals surface area contributed by atoms with Crippen molar-refractivity contribution in [2.24, 2.45) is 0 Å². The summed E-state index contributed by atoms with van der Waals surface area (Å²) in [5.41, 5.74) is 0.828. The van der Waals surface area contributed by atoms with E-state index in [9.17, 15) is 9.50 Å². The molecule has 0 unspecified atom stereocenters. The average molecular weight is 274 g/mol. The van der Waals surface area contributed by atoms with Crippen molar-refractivity contribution in [3.63, 3.8) is 0 Å². The molecule has 1 aliphatic heterocycles. The minimum Gasteiger partial charge on any atom is -0.391 e. The molecule has 82 valence electrons. The zero-order chi connectivity index (χ0) is 10.8. The minimum atomic E-state index is -0.297. The van der Waals surface area contributed by atoms with Gasteiger partial charge in [-0.25, -0.2) is 4.39 Å². The van der Waals surface area contributed by atoms with Crippen molar-refractivity contribution in [3.8, 4) is 0 Å². The lowest BCUT2D eigenvalue weighted by molar-refractivity contribution is 0.154. The Bertz CT molecular complexity index is 358. The lowest BCUT2D eigenvalue weighted by Crippen LogP contribution is -2.38. The number of β-amino-alcohol motifs (C(OH)–C–C–N with tert-alkyl or cyclic N) is 1. The second kappa shape index (κ2) is 4.49. The van der Waals surface area contributed by atoms with E-state index >= 15 is 0 Å². The molecule has 1 aromatic rings. The molecular formula is C11H13BrFNO. The summed E-state index contributed by atoms with van der Waals surface area (Å²) in [5, 5.41) is 9.55. The number of aliphatic hydroxyl groups is 1. The van der Waals surface area contributed by atoms with E-state index in [0.717, 1.165) is 29.5 Å². The number of piperidine rings is 1. The molecule has 0 bridgehead atoms. The molecule has 2 nitrogen and oxygen atoms in total. The predicted octanol–water partition coefficient (Wildman–Crippen LogP) is 2.55. The largest absolute Gasteiger partial charge is 0.391 e. The van der Waals surface area contributed by atoms with E-state index in [1.165, 1.54) is 12.1 Å². The predicted molar refractivity (Wildman–Crippen MR) is 61.6 cm³/mol. The average Bonchev–Trinajstić information content (AvgIpc) is 2.22. The highest BCUT2D eigenvalue weighted by Crippen LogP contribution is 2.29. The van der Waals surface area contributed by atoms with Crippen LogP contribution in [-0.4, -0.2) is 24.3 Å². The summed E-state index contributed by atoms with van der Waals surface area (Å²) in [5.74, 6) is -0.242. The maximum atomic E-state index is 13.1. The molecule has 0 aliphatic carbocycles. The lowest BCUT2D eigenvalue weighted by Gasteiger charge is -2.32. The molecule has 1 aromatic carbocycles. The zero-order valence-electron chi connectivity index (χ0n) is 8.29. The monoisotopic (exact) mass is 273 g/mol. The van der Waals surface area contributed by atoms with Crippen molar-refractivity contribution in [3.05, 3.63) is 28.5 Å². The minimum absolute atomic E-state index is 0.242. The molecule has 0 amide bonds. The van der Waals surface area contributed by atoms with Crippen molar-refractivity contribution < 1.29 is 9.50 Å². The summed E-state index contributed by atoms with van der Waals surface area (Å²) in [6.07, 6.45) is 1.49. The summed E-state index contributed by atoms with van der Waals surface area (Å²) < 4.78 is 14.0. The molecule has 0 aromatic heterocycles. The van der Waals surface area contributed by atoms with Crippen LogP contribution >= 0.6 is 15.9 Å². The molecule has 4 heteroatoms. The third kappa shape index (κ3) is 2.49. The van der Waals surface area contributed by atoms with Crippen molar-refractivity contribution in [1.82, 2.24) is 0 Å². The maximum Gasteiger partial charge on any atom is 0.125 e. The first-order valence-corrected chi connectivity index (χ1v) is 5.84. The molecule has 1 fully saturated rings. The van der Waals surface area contributed by atoms with Gasteiger partial charge >= 0.3 is 0 Å². The molecule has 0 radical (unpaired) electrons. The first-order valence-electron chi connectivity index (χ1n) is 5.05. The third-order valence-corrected chi connectivity index (χ3v) is 3.32. The normalized spacial score (nSPS) is 21.8. The topological polar surface area (TPSA) is 23.5 Å². The van der Waals surface area contributed by atoms with Gasteiger partial charge in [0.05, 0.1) is 11.8 Å². The van der Waals surface area contributed by atoms with Crippen LogP contribution in [0.3, 0.4) is 0 Å². The molecule has 2 rings (SSSR count). The molecule has 1 aliphatic rings. The van der Waals surface area contributed by atoms with E-state index in [0.29, 0.717) is 6.54 Å². The molecule has 1 saturated heterocycles. The Kier molecular flexibility index (Phi) is 3.26. The summed E-state index contributed by atoms with van der Waals surface area (Å²) in [4.78, 5) is 2.02. The van der Waals surface area contributed by atoms with Gasteiger partial charge in [0.2, 0.25) is 0 Å². The van der Waals surface area contributed by atoms with Gasteiger partial charge in [-0.3, -0.25) is 0 Å². The first-order chi connectivity index (χ1) is 7.16. The highest BCUT2D eigenvalue weighted by Gasteiger charge is 2.19. The Labute approximate surface area is 96.8 Å². The van der Waals surface area contributed by atoms with Gasteiger partial charge in [0.25, 0.3) is 0 Å². The molecular weight excluding hydrogens is 261 g/mol. The Hall–Kier alpha value is -0.610. The van der Waals surface area contributed by atoms with Gasteiger partial charge in [-0.15, -0.1) is 0 Å². The van der Waals surface area contributed by atoms with Crippen LogP contribution in [0.25, 0.3) is 0 Å². The second-order valence-electron chi connectivity index (χ2n) is 3.84. The number of anilines is 1. The Morgan fingerprint density at radius 3 is 3.00 bits per heavy atom. The van der Waals surface area contributed by atoms with Crippen LogP contribution in [0.5, 0.6) is 0 Å². The van der Waals surface area contributed by atoms with Crippen LogP contribution in [0.15, 0.2) is 22.7 Å². The van der Waals surface area contributed by atoms with E-state index in [2.05, 4.69) is 15.9 Å². The van der Waals surface area contributed by atoms with Gasteiger partial charge in [-0.2, -0.15) is 0 Å². The van der Waals surface area contributed by atoms with Crippen molar-refractivity contribution >= 4 is 21.6 Å².